The number of allylic oxidation sites excluding steroid dienone is 10. The Hall–Kier alpha value is -6.49. The minimum absolute atomic E-state index is 0.0481. The minimum Gasteiger partial charge on any atom is -0.213 e. The summed E-state index contributed by atoms with van der Waals surface area (Å²) in [6.45, 7) is 0. The quantitative estimate of drug-likeness (QED) is 0.163. The van der Waals surface area contributed by atoms with Gasteiger partial charge in [-0.25, -0.2) is 15.0 Å². The summed E-state index contributed by atoms with van der Waals surface area (Å²) in [5, 5.41) is 2.53. The van der Waals surface area contributed by atoms with Crippen molar-refractivity contribution in [1.82, 2.24) is 15.0 Å². The number of rotatable bonds is 7. The Balaban J connectivity index is 1.06. The van der Waals surface area contributed by atoms with Gasteiger partial charge in [0.2, 0.25) is 0 Å². The van der Waals surface area contributed by atoms with Crippen LogP contribution < -0.4 is 9.75 Å². The summed E-state index contributed by atoms with van der Waals surface area (Å²) >= 11 is 1.87. The molecule has 3 nitrogen and oxygen atoms in total. The van der Waals surface area contributed by atoms with Crippen molar-refractivity contribution in [3.8, 4) is 33.6 Å². The van der Waals surface area contributed by atoms with Crippen LogP contribution in [0.4, 0.5) is 0 Å². The van der Waals surface area contributed by atoms with Crippen molar-refractivity contribution in [3.63, 3.8) is 0 Å². The van der Waals surface area contributed by atoms with E-state index >= 15 is 0 Å². The van der Waals surface area contributed by atoms with Crippen LogP contribution in [0.3, 0.4) is 0 Å². The van der Waals surface area contributed by atoms with E-state index in [4.69, 9.17) is 15.0 Å². The number of thiophene rings is 1. The van der Waals surface area contributed by atoms with Gasteiger partial charge in [-0.15, -0.1) is 11.3 Å². The minimum atomic E-state index is 0.0481. The molecule has 0 radical (unpaired) electrons. The van der Waals surface area contributed by atoms with Crippen LogP contribution in [-0.2, 0) is 0 Å². The van der Waals surface area contributed by atoms with Crippen LogP contribution >= 0.6 is 11.3 Å². The second kappa shape index (κ2) is 15.0. The molecular weight excluding hydrogens is 699 g/mol. The van der Waals surface area contributed by atoms with Gasteiger partial charge in [0.05, 0.1) is 0 Å². The van der Waals surface area contributed by atoms with Crippen molar-refractivity contribution in [2.24, 2.45) is 0 Å². The van der Waals surface area contributed by atoms with Gasteiger partial charge < -0.3 is 0 Å². The molecule has 0 bridgehead atoms. The SMILES string of the molecule is C1=CCC=C(c2ccc(-c3cccc(-c4ccc5sc6c(c5c4)=C(c4nc(-c5ccccc5)nc(C5C=C(c7ccccc7)C=CC5)n4)CCC=6)c3)cc2)C=C1. The maximum absolute atomic E-state index is 5.33. The molecule has 4 heteroatoms. The highest BCUT2D eigenvalue weighted by molar-refractivity contribution is 7.17. The van der Waals surface area contributed by atoms with Gasteiger partial charge in [0.25, 0.3) is 0 Å². The van der Waals surface area contributed by atoms with Gasteiger partial charge in [0.1, 0.15) is 5.82 Å². The zero-order chi connectivity index (χ0) is 37.3. The molecule has 1 unspecified atom stereocenters. The summed E-state index contributed by atoms with van der Waals surface area (Å²) in [5.41, 5.74) is 11.9. The summed E-state index contributed by atoms with van der Waals surface area (Å²) in [7, 11) is 0. The Labute approximate surface area is 331 Å². The van der Waals surface area contributed by atoms with Gasteiger partial charge in [-0.1, -0.05) is 164 Å². The fourth-order valence-corrected chi connectivity index (χ4v) is 9.25. The summed E-state index contributed by atoms with van der Waals surface area (Å²) in [5.74, 6) is 2.38. The van der Waals surface area contributed by atoms with Crippen LogP contribution in [0.25, 0.3) is 66.5 Å². The van der Waals surface area contributed by atoms with E-state index in [1.807, 2.05) is 17.4 Å². The lowest BCUT2D eigenvalue weighted by atomic mass is 9.91. The van der Waals surface area contributed by atoms with Crippen molar-refractivity contribution >= 4 is 44.2 Å². The van der Waals surface area contributed by atoms with Crippen molar-refractivity contribution in [3.05, 3.63) is 209 Å². The highest BCUT2D eigenvalue weighted by Gasteiger charge is 2.22. The first-order valence-electron chi connectivity index (χ1n) is 19.5. The number of hydrogen-bond donors (Lipinski definition) is 0. The van der Waals surface area contributed by atoms with Crippen LogP contribution in [0, 0.1) is 0 Å². The van der Waals surface area contributed by atoms with Gasteiger partial charge in [-0.2, -0.15) is 0 Å². The third-order valence-corrected chi connectivity index (χ3v) is 12.1. The third-order valence-electron chi connectivity index (χ3n) is 10.9. The number of aromatic nitrogens is 3. The lowest BCUT2D eigenvalue weighted by Gasteiger charge is -2.18. The first kappa shape index (κ1) is 34.0. The Morgan fingerprint density at radius 2 is 1.23 bits per heavy atom. The molecule has 0 aliphatic heterocycles. The van der Waals surface area contributed by atoms with Crippen molar-refractivity contribution in [2.75, 3.05) is 0 Å². The molecule has 0 amide bonds. The number of hydrogen-bond acceptors (Lipinski definition) is 4. The summed E-state index contributed by atoms with van der Waals surface area (Å²) < 4.78 is 2.58. The van der Waals surface area contributed by atoms with E-state index in [0.29, 0.717) is 0 Å². The molecule has 0 spiro atoms. The number of benzene rings is 5. The smallest absolute Gasteiger partial charge is 0.163 e. The molecule has 0 fully saturated rings. The molecule has 0 saturated heterocycles. The molecule has 1 atom stereocenters. The first-order valence-corrected chi connectivity index (χ1v) is 20.3. The summed E-state index contributed by atoms with van der Waals surface area (Å²) in [4.78, 5) is 15.7. The molecule has 2 aromatic heterocycles. The molecule has 0 N–H and O–H groups in total. The second-order valence-electron chi connectivity index (χ2n) is 14.6. The summed E-state index contributed by atoms with van der Waals surface area (Å²) in [6, 6.07) is 45.8. The molecule has 3 aliphatic carbocycles. The first-order chi connectivity index (χ1) is 27.7. The zero-order valence-corrected chi connectivity index (χ0v) is 31.8. The van der Waals surface area contributed by atoms with Crippen LogP contribution in [0.15, 0.2) is 176 Å². The fourth-order valence-electron chi connectivity index (χ4n) is 8.07. The highest BCUT2D eigenvalue weighted by atomic mass is 32.1. The third kappa shape index (κ3) is 6.74. The molecule has 0 saturated carbocycles. The Kier molecular flexibility index (Phi) is 9.10. The number of fused-ring (bicyclic) bond motifs is 3. The van der Waals surface area contributed by atoms with Gasteiger partial charge in [0.15, 0.2) is 11.6 Å². The fraction of sp³-hybridized carbons (Fsp3) is 0.0962. The second-order valence-corrected chi connectivity index (χ2v) is 15.6. The molecule has 7 aromatic rings. The maximum atomic E-state index is 5.33. The van der Waals surface area contributed by atoms with E-state index in [2.05, 4.69) is 176 Å². The predicted octanol–water partition coefficient (Wildman–Crippen LogP) is 11.9. The molecule has 3 aliphatic rings. The normalized spacial score (nSPS) is 16.2. The van der Waals surface area contributed by atoms with Crippen LogP contribution in [0.1, 0.15) is 54.4 Å². The molecular formula is C52H39N3S. The van der Waals surface area contributed by atoms with Gasteiger partial charge >= 0.3 is 0 Å². The average Bonchev–Trinajstić information content (AvgIpc) is 3.43. The maximum Gasteiger partial charge on any atom is 0.163 e. The van der Waals surface area contributed by atoms with Gasteiger partial charge in [0, 0.05) is 36.9 Å². The predicted molar refractivity (Wildman–Crippen MR) is 235 cm³/mol. The Bertz CT molecular complexity index is 2890. The lowest BCUT2D eigenvalue weighted by molar-refractivity contribution is 0.756. The van der Waals surface area contributed by atoms with Crippen molar-refractivity contribution in [1.29, 1.82) is 0 Å². The topological polar surface area (TPSA) is 38.7 Å². The van der Waals surface area contributed by atoms with Crippen molar-refractivity contribution in [2.45, 2.75) is 31.6 Å². The lowest BCUT2D eigenvalue weighted by Crippen LogP contribution is -2.26. The molecule has 5 aromatic carbocycles. The molecule has 2 heterocycles. The van der Waals surface area contributed by atoms with E-state index in [-0.39, 0.29) is 5.92 Å². The Morgan fingerprint density at radius 3 is 2.07 bits per heavy atom. The standard InChI is InChI=1S/C52H39N3S/c1-2-6-15-35(14-5-1)37-26-28-38(29-27-37)40-20-11-22-42(32-40)43-30-31-47-46(34-43)49-45(24-13-25-48(49)56-47)52-54-50(39-18-9-4-10-19-39)53-51(55-52)44-23-12-21-41(33-44)36-16-7-3-8-17-36/h1-5,7-12,14-22,25-34,44H,6,13,23-24H2. The van der Waals surface area contributed by atoms with Gasteiger partial charge in [-0.3, -0.25) is 0 Å². The van der Waals surface area contributed by atoms with Crippen molar-refractivity contribution < 1.29 is 0 Å². The molecule has 56 heavy (non-hydrogen) atoms. The number of nitrogens with zero attached hydrogens (tertiary/aromatic N) is 3. The van der Waals surface area contributed by atoms with Gasteiger partial charge in [-0.05, 0) is 88.4 Å². The van der Waals surface area contributed by atoms with E-state index < -0.39 is 0 Å². The highest BCUT2D eigenvalue weighted by Crippen LogP contribution is 2.34. The largest absolute Gasteiger partial charge is 0.213 e. The van der Waals surface area contributed by atoms with Crippen LogP contribution in [0.2, 0.25) is 0 Å². The Morgan fingerprint density at radius 1 is 0.536 bits per heavy atom. The molecule has 10 rings (SSSR count). The molecule has 268 valence electrons. The van der Waals surface area contributed by atoms with E-state index in [0.717, 1.165) is 48.7 Å². The van der Waals surface area contributed by atoms with Crippen LogP contribution in [-0.4, -0.2) is 15.0 Å². The average molecular weight is 738 g/mol. The van der Waals surface area contributed by atoms with Crippen LogP contribution in [0.5, 0.6) is 0 Å². The summed E-state index contributed by atoms with van der Waals surface area (Å²) in [6.07, 6.45) is 23.7. The zero-order valence-electron chi connectivity index (χ0n) is 31.0. The van der Waals surface area contributed by atoms with E-state index in [9.17, 15) is 0 Å². The monoisotopic (exact) mass is 737 g/mol. The van der Waals surface area contributed by atoms with E-state index in [1.54, 1.807) is 0 Å². The van der Waals surface area contributed by atoms with E-state index in [1.165, 1.54) is 69.9 Å².